The number of aliphatic hydroxyl groups excluding tert-OH is 1. The second kappa shape index (κ2) is 75.9. The van der Waals surface area contributed by atoms with Crippen LogP contribution in [0, 0.1) is 5.92 Å². The normalized spacial score (nSPS) is 13.8. The Morgan fingerprint density at radius 1 is 0.265 bits per heavy atom. The van der Waals surface area contributed by atoms with Crippen LogP contribution in [-0.2, 0) is 65.4 Å². The van der Waals surface area contributed by atoms with E-state index in [1.54, 1.807) is 0 Å². The molecule has 0 rings (SSSR count). The number of carbonyl (C=O) groups is 4. The van der Waals surface area contributed by atoms with Crippen molar-refractivity contribution in [3.05, 3.63) is 0 Å². The Bertz CT molecular complexity index is 1940. The number of hydrogen-bond acceptors (Lipinski definition) is 15. The van der Waals surface area contributed by atoms with Gasteiger partial charge in [0.25, 0.3) is 0 Å². The highest BCUT2D eigenvalue weighted by Crippen LogP contribution is 2.45. The second-order valence-electron chi connectivity index (χ2n) is 30.3. The third kappa shape index (κ3) is 76.3. The molecule has 0 aromatic heterocycles. The van der Waals surface area contributed by atoms with Crippen molar-refractivity contribution in [2.75, 3.05) is 39.6 Å². The summed E-state index contributed by atoms with van der Waals surface area (Å²) in [5, 5.41) is 10.6. The smallest absolute Gasteiger partial charge is 0.462 e. The van der Waals surface area contributed by atoms with Crippen LogP contribution in [0.2, 0.25) is 0 Å². The summed E-state index contributed by atoms with van der Waals surface area (Å²) in [7, 11) is -9.92. The van der Waals surface area contributed by atoms with Crippen LogP contribution < -0.4 is 0 Å². The van der Waals surface area contributed by atoms with Gasteiger partial charge in [0.15, 0.2) is 12.2 Å². The van der Waals surface area contributed by atoms with E-state index in [0.29, 0.717) is 25.7 Å². The van der Waals surface area contributed by atoms with E-state index in [1.165, 1.54) is 270 Å². The lowest BCUT2D eigenvalue weighted by atomic mass is 10.0. The monoisotopic (exact) mass is 1490 g/mol. The van der Waals surface area contributed by atoms with Crippen LogP contribution in [0.25, 0.3) is 0 Å². The molecule has 606 valence electrons. The van der Waals surface area contributed by atoms with E-state index in [-0.39, 0.29) is 25.7 Å². The first-order chi connectivity index (χ1) is 49.5. The zero-order valence-electron chi connectivity index (χ0n) is 66.8. The lowest BCUT2D eigenvalue weighted by Gasteiger charge is -2.21. The van der Waals surface area contributed by atoms with Crippen molar-refractivity contribution >= 4 is 39.5 Å². The molecule has 0 aromatic rings. The summed E-state index contributed by atoms with van der Waals surface area (Å²) < 4.78 is 68.7. The standard InChI is InChI=1S/C83H162O17P2/c1-6-9-12-15-18-21-24-26-28-30-32-34-36-38-40-43-46-52-57-62-67-81(86)94-72-78(99-82(87)68-63-58-53-47-44-41-39-37-35-33-31-29-27-25-22-19-16-13-10-7-2)74-97-101(89,90)95-70-77(84)71-96-102(91,92)98-75-79(100-83(88)69-64-59-54-49-48-50-55-60-65-76(4)5)73-93-80(85)66-61-56-51-45-42-23-20-17-14-11-8-3/h76-79,84H,6-75H2,1-5H3,(H,89,90)(H,91,92)/t77-,78-,79-/m1/s1. The number of esters is 4. The van der Waals surface area contributed by atoms with Gasteiger partial charge in [-0.05, 0) is 31.6 Å². The van der Waals surface area contributed by atoms with Gasteiger partial charge in [0.1, 0.15) is 19.3 Å². The molecule has 102 heavy (non-hydrogen) atoms. The summed E-state index contributed by atoms with van der Waals surface area (Å²) in [5.41, 5.74) is 0. The molecule has 0 spiro atoms. The van der Waals surface area contributed by atoms with Gasteiger partial charge in [0, 0.05) is 25.7 Å². The quantitative estimate of drug-likeness (QED) is 0.0222. The zero-order valence-corrected chi connectivity index (χ0v) is 68.5. The maximum Gasteiger partial charge on any atom is 0.472 e. The van der Waals surface area contributed by atoms with Crippen molar-refractivity contribution in [3.63, 3.8) is 0 Å². The number of rotatable bonds is 83. The minimum atomic E-state index is -4.96. The summed E-state index contributed by atoms with van der Waals surface area (Å²) in [4.78, 5) is 73.0. The van der Waals surface area contributed by atoms with Gasteiger partial charge in [0.05, 0.1) is 26.4 Å². The van der Waals surface area contributed by atoms with Crippen LogP contribution in [-0.4, -0.2) is 96.7 Å². The number of hydrogen-bond donors (Lipinski definition) is 3. The van der Waals surface area contributed by atoms with Gasteiger partial charge in [-0.2, -0.15) is 0 Å². The summed E-state index contributed by atoms with van der Waals surface area (Å²) in [6.45, 7) is 7.29. The van der Waals surface area contributed by atoms with Crippen molar-refractivity contribution in [3.8, 4) is 0 Å². The number of carbonyl (C=O) groups excluding carboxylic acids is 4. The molecule has 0 saturated heterocycles. The highest BCUT2D eigenvalue weighted by molar-refractivity contribution is 7.47. The van der Waals surface area contributed by atoms with Crippen LogP contribution in [0.3, 0.4) is 0 Å². The Morgan fingerprint density at radius 2 is 0.451 bits per heavy atom. The van der Waals surface area contributed by atoms with E-state index in [2.05, 4.69) is 34.6 Å². The number of phosphoric acid groups is 2. The van der Waals surface area contributed by atoms with E-state index in [4.69, 9.17) is 37.0 Å². The average Bonchev–Trinajstić information content (AvgIpc) is 1.14. The van der Waals surface area contributed by atoms with Gasteiger partial charge in [0.2, 0.25) is 0 Å². The highest BCUT2D eigenvalue weighted by atomic mass is 31.2. The second-order valence-corrected chi connectivity index (χ2v) is 33.3. The Labute approximate surface area is 626 Å². The molecule has 0 aromatic carbocycles. The minimum absolute atomic E-state index is 0.105. The molecule has 0 aliphatic carbocycles. The lowest BCUT2D eigenvalue weighted by Crippen LogP contribution is -2.30. The lowest BCUT2D eigenvalue weighted by molar-refractivity contribution is -0.161. The fraction of sp³-hybridized carbons (Fsp3) is 0.952. The van der Waals surface area contributed by atoms with Gasteiger partial charge >= 0.3 is 39.5 Å². The third-order valence-electron chi connectivity index (χ3n) is 19.5. The molecule has 0 bridgehead atoms. The maximum absolute atomic E-state index is 13.1. The summed E-state index contributed by atoms with van der Waals surface area (Å²) in [6, 6.07) is 0. The molecule has 17 nitrogen and oxygen atoms in total. The number of phosphoric ester groups is 2. The van der Waals surface area contributed by atoms with E-state index < -0.39 is 97.5 Å². The van der Waals surface area contributed by atoms with E-state index in [1.807, 2.05) is 0 Å². The molecular weight excluding hydrogens is 1330 g/mol. The first-order valence-corrected chi connectivity index (χ1v) is 46.1. The molecule has 0 saturated carbocycles. The number of aliphatic hydroxyl groups is 1. The number of unbranched alkanes of at least 4 members (excludes halogenated alkanes) is 55. The molecule has 5 atom stereocenters. The minimum Gasteiger partial charge on any atom is -0.462 e. The van der Waals surface area contributed by atoms with Gasteiger partial charge in [-0.3, -0.25) is 37.3 Å². The van der Waals surface area contributed by atoms with Gasteiger partial charge in [-0.15, -0.1) is 0 Å². The SMILES string of the molecule is CCCCCCCCCCCCCCCCCCCCCCC(=O)OC[C@H](COP(=O)(O)OC[C@@H](O)COP(=O)(O)OC[C@@H](COC(=O)CCCCCCCCCCCCC)OC(=O)CCCCCCCCCCC(C)C)OC(=O)CCCCCCCCCCCCCCCCCCCCCC. The number of ether oxygens (including phenoxy) is 4. The van der Waals surface area contributed by atoms with Gasteiger partial charge in [-0.25, -0.2) is 9.13 Å². The summed E-state index contributed by atoms with van der Waals surface area (Å²) in [5.74, 6) is -1.39. The Morgan fingerprint density at radius 3 is 0.667 bits per heavy atom. The van der Waals surface area contributed by atoms with Crippen molar-refractivity contribution in [1.82, 2.24) is 0 Å². The fourth-order valence-electron chi connectivity index (χ4n) is 12.9. The van der Waals surface area contributed by atoms with Crippen molar-refractivity contribution in [2.24, 2.45) is 5.92 Å². The molecule has 0 radical (unpaired) electrons. The van der Waals surface area contributed by atoms with Crippen LogP contribution in [0.4, 0.5) is 0 Å². The van der Waals surface area contributed by atoms with Gasteiger partial charge < -0.3 is 33.8 Å². The van der Waals surface area contributed by atoms with Crippen molar-refractivity contribution in [1.29, 1.82) is 0 Å². The van der Waals surface area contributed by atoms with Crippen molar-refractivity contribution in [2.45, 2.75) is 464 Å². The summed E-state index contributed by atoms with van der Waals surface area (Å²) in [6.07, 6.45) is 68.2. The van der Waals surface area contributed by atoms with E-state index in [9.17, 15) is 43.2 Å². The highest BCUT2D eigenvalue weighted by Gasteiger charge is 2.30. The van der Waals surface area contributed by atoms with Crippen LogP contribution in [0.15, 0.2) is 0 Å². The van der Waals surface area contributed by atoms with E-state index >= 15 is 0 Å². The van der Waals surface area contributed by atoms with Crippen LogP contribution in [0.5, 0.6) is 0 Å². The van der Waals surface area contributed by atoms with Crippen molar-refractivity contribution < 1.29 is 80.2 Å². The molecule has 0 heterocycles. The maximum atomic E-state index is 13.1. The third-order valence-corrected chi connectivity index (χ3v) is 21.4. The predicted octanol–water partition coefficient (Wildman–Crippen LogP) is 25.2. The largest absolute Gasteiger partial charge is 0.472 e. The van der Waals surface area contributed by atoms with E-state index in [0.717, 1.165) is 95.8 Å². The molecule has 0 aliphatic heterocycles. The molecule has 0 fully saturated rings. The molecule has 3 N–H and O–H groups in total. The van der Waals surface area contributed by atoms with Crippen LogP contribution in [0.1, 0.15) is 446 Å². The fourth-order valence-corrected chi connectivity index (χ4v) is 14.5. The topological polar surface area (TPSA) is 237 Å². The molecule has 2 unspecified atom stereocenters. The Balaban J connectivity index is 5.20. The molecule has 0 amide bonds. The molecule has 19 heteroatoms. The zero-order chi connectivity index (χ0) is 74.8. The average molecular weight is 1490 g/mol. The van der Waals surface area contributed by atoms with Gasteiger partial charge in [-0.1, -0.05) is 394 Å². The predicted molar refractivity (Wildman–Crippen MR) is 418 cm³/mol. The molecule has 0 aliphatic rings. The van der Waals surface area contributed by atoms with Crippen LogP contribution >= 0.6 is 15.6 Å². The summed E-state index contributed by atoms with van der Waals surface area (Å²) >= 11 is 0. The Hall–Kier alpha value is -1.94. The Kier molecular flexibility index (Phi) is 74.4. The molecular formula is C83H162O17P2. The first kappa shape index (κ1) is 100. The first-order valence-electron chi connectivity index (χ1n) is 43.1.